The van der Waals surface area contributed by atoms with Gasteiger partial charge in [0.25, 0.3) is 5.91 Å². The zero-order valence-electron chi connectivity index (χ0n) is 14.4. The Hall–Kier alpha value is -3.47. The second-order valence-electron chi connectivity index (χ2n) is 6.13. The van der Waals surface area contributed by atoms with E-state index in [2.05, 4.69) is 19.9 Å². The SMILES string of the molecule is Cc1cnc(CNC(=O)c2ccc3ccn(-c4ccccc4)c3c2)cn1. The number of nitrogens with one attached hydrogen (secondary N) is 1. The van der Waals surface area contributed by atoms with Crippen LogP contribution in [-0.4, -0.2) is 20.4 Å². The Morgan fingerprint density at radius 2 is 1.88 bits per heavy atom. The average molecular weight is 342 g/mol. The molecular formula is C21H18N4O. The lowest BCUT2D eigenvalue weighted by Gasteiger charge is -2.08. The summed E-state index contributed by atoms with van der Waals surface area (Å²) in [5.41, 5.74) is 4.27. The van der Waals surface area contributed by atoms with Gasteiger partial charge in [-0.25, -0.2) is 0 Å². The van der Waals surface area contributed by atoms with Crippen molar-refractivity contribution in [1.29, 1.82) is 0 Å². The molecule has 0 unspecified atom stereocenters. The van der Waals surface area contributed by atoms with E-state index >= 15 is 0 Å². The quantitative estimate of drug-likeness (QED) is 0.616. The summed E-state index contributed by atoms with van der Waals surface area (Å²) in [4.78, 5) is 21.0. The van der Waals surface area contributed by atoms with Crippen LogP contribution in [0.5, 0.6) is 0 Å². The highest BCUT2D eigenvalue weighted by Gasteiger charge is 2.10. The molecule has 0 saturated carbocycles. The molecule has 1 amide bonds. The number of hydrogen-bond acceptors (Lipinski definition) is 3. The minimum Gasteiger partial charge on any atom is -0.346 e. The molecule has 2 aromatic carbocycles. The number of fused-ring (bicyclic) bond motifs is 1. The standard InChI is InChI=1S/C21H18N4O/c1-15-12-23-18(13-22-15)14-24-21(26)17-8-7-16-9-10-25(20(16)11-17)19-5-3-2-4-6-19/h2-13H,14H2,1H3,(H,24,26). The van der Waals surface area contributed by atoms with Crippen LogP contribution in [0.2, 0.25) is 0 Å². The van der Waals surface area contributed by atoms with Crippen LogP contribution in [0, 0.1) is 6.92 Å². The number of benzene rings is 2. The summed E-state index contributed by atoms with van der Waals surface area (Å²) < 4.78 is 2.08. The second-order valence-corrected chi connectivity index (χ2v) is 6.13. The lowest BCUT2D eigenvalue weighted by molar-refractivity contribution is 0.0950. The van der Waals surface area contributed by atoms with Crippen LogP contribution in [-0.2, 0) is 6.54 Å². The number of rotatable bonds is 4. The third-order valence-electron chi connectivity index (χ3n) is 4.25. The maximum atomic E-state index is 12.5. The predicted octanol–water partition coefficient (Wildman–Crippen LogP) is 3.66. The molecule has 0 radical (unpaired) electrons. The van der Waals surface area contributed by atoms with Crippen molar-refractivity contribution in [3.05, 3.63) is 90.1 Å². The largest absolute Gasteiger partial charge is 0.346 e. The molecule has 0 aliphatic rings. The maximum Gasteiger partial charge on any atom is 0.251 e. The van der Waals surface area contributed by atoms with Gasteiger partial charge >= 0.3 is 0 Å². The molecule has 0 spiro atoms. The zero-order chi connectivity index (χ0) is 17.9. The van der Waals surface area contributed by atoms with Crippen molar-refractivity contribution in [2.24, 2.45) is 0 Å². The van der Waals surface area contributed by atoms with Crippen LogP contribution in [0.15, 0.2) is 73.2 Å². The van der Waals surface area contributed by atoms with Gasteiger partial charge in [0.05, 0.1) is 29.6 Å². The van der Waals surface area contributed by atoms with Crippen LogP contribution in [0.25, 0.3) is 16.6 Å². The van der Waals surface area contributed by atoms with Gasteiger partial charge < -0.3 is 9.88 Å². The minimum atomic E-state index is -0.130. The van der Waals surface area contributed by atoms with E-state index in [0.717, 1.165) is 28.0 Å². The van der Waals surface area contributed by atoms with Gasteiger partial charge in [0.2, 0.25) is 0 Å². The molecule has 128 valence electrons. The fourth-order valence-electron chi connectivity index (χ4n) is 2.87. The first-order valence-corrected chi connectivity index (χ1v) is 8.43. The lowest BCUT2D eigenvalue weighted by atomic mass is 10.1. The summed E-state index contributed by atoms with van der Waals surface area (Å²) in [6, 6.07) is 17.8. The van der Waals surface area contributed by atoms with Crippen LogP contribution < -0.4 is 5.32 Å². The second kappa shape index (κ2) is 6.80. The summed E-state index contributed by atoms with van der Waals surface area (Å²) in [5.74, 6) is -0.130. The highest BCUT2D eigenvalue weighted by molar-refractivity contribution is 5.98. The van der Waals surface area contributed by atoms with Gasteiger partial charge in [0.15, 0.2) is 0 Å². The topological polar surface area (TPSA) is 59.8 Å². The van der Waals surface area contributed by atoms with E-state index in [1.165, 1.54) is 0 Å². The molecular weight excluding hydrogens is 324 g/mol. The first kappa shape index (κ1) is 16.0. The van der Waals surface area contributed by atoms with E-state index in [1.54, 1.807) is 12.4 Å². The Kier molecular flexibility index (Phi) is 4.19. The molecule has 4 rings (SSSR count). The van der Waals surface area contributed by atoms with Gasteiger partial charge in [0.1, 0.15) is 0 Å². The Morgan fingerprint density at radius 3 is 2.65 bits per heavy atom. The average Bonchev–Trinajstić information content (AvgIpc) is 3.11. The fourth-order valence-corrected chi connectivity index (χ4v) is 2.87. The fraction of sp³-hybridized carbons (Fsp3) is 0.0952. The highest BCUT2D eigenvalue weighted by atomic mass is 16.1. The Balaban J connectivity index is 1.58. The Labute approximate surface area is 151 Å². The molecule has 0 saturated heterocycles. The van der Waals surface area contributed by atoms with Crippen molar-refractivity contribution in [2.75, 3.05) is 0 Å². The smallest absolute Gasteiger partial charge is 0.251 e. The van der Waals surface area contributed by atoms with Gasteiger partial charge in [-0.1, -0.05) is 24.3 Å². The van der Waals surface area contributed by atoms with E-state index in [9.17, 15) is 4.79 Å². The van der Waals surface area contributed by atoms with E-state index in [4.69, 9.17) is 0 Å². The van der Waals surface area contributed by atoms with Crippen LogP contribution in [0.3, 0.4) is 0 Å². The monoisotopic (exact) mass is 342 g/mol. The maximum absolute atomic E-state index is 12.5. The number of aromatic nitrogens is 3. The molecule has 1 N–H and O–H groups in total. The summed E-state index contributed by atoms with van der Waals surface area (Å²) in [5, 5.41) is 3.99. The zero-order valence-corrected chi connectivity index (χ0v) is 14.4. The van der Waals surface area contributed by atoms with E-state index in [-0.39, 0.29) is 5.91 Å². The third kappa shape index (κ3) is 3.19. The first-order chi connectivity index (χ1) is 12.7. The number of carbonyl (C=O) groups is 1. The molecule has 26 heavy (non-hydrogen) atoms. The molecule has 5 nitrogen and oxygen atoms in total. The number of amides is 1. The molecule has 4 aromatic rings. The Bertz CT molecular complexity index is 1050. The van der Waals surface area contributed by atoms with Crippen LogP contribution in [0.4, 0.5) is 0 Å². The highest BCUT2D eigenvalue weighted by Crippen LogP contribution is 2.21. The van der Waals surface area contributed by atoms with Crippen LogP contribution in [0.1, 0.15) is 21.7 Å². The van der Waals surface area contributed by atoms with Gasteiger partial charge in [-0.15, -0.1) is 0 Å². The lowest BCUT2D eigenvalue weighted by Crippen LogP contribution is -2.23. The molecule has 2 heterocycles. The molecule has 0 aliphatic carbocycles. The first-order valence-electron chi connectivity index (χ1n) is 8.43. The van der Waals surface area contributed by atoms with E-state index < -0.39 is 0 Å². The number of carbonyl (C=O) groups excluding carboxylic acids is 1. The molecule has 0 fully saturated rings. The van der Waals surface area contributed by atoms with Crippen molar-refractivity contribution in [3.8, 4) is 5.69 Å². The Morgan fingerprint density at radius 1 is 1.04 bits per heavy atom. The summed E-state index contributed by atoms with van der Waals surface area (Å²) in [7, 11) is 0. The number of hydrogen-bond donors (Lipinski definition) is 1. The molecule has 5 heteroatoms. The van der Waals surface area contributed by atoms with Gasteiger partial charge in [-0.05, 0) is 42.6 Å². The molecule has 2 aromatic heterocycles. The summed E-state index contributed by atoms with van der Waals surface area (Å²) in [6.07, 6.45) is 5.39. The predicted molar refractivity (Wildman–Crippen MR) is 101 cm³/mol. The molecule has 0 bridgehead atoms. The van der Waals surface area contributed by atoms with Crippen molar-refractivity contribution >= 4 is 16.8 Å². The molecule has 0 atom stereocenters. The number of para-hydroxylation sites is 1. The van der Waals surface area contributed by atoms with Crippen molar-refractivity contribution < 1.29 is 4.79 Å². The van der Waals surface area contributed by atoms with Gasteiger partial charge in [-0.3, -0.25) is 14.8 Å². The third-order valence-corrected chi connectivity index (χ3v) is 4.25. The van der Waals surface area contributed by atoms with Crippen LogP contribution >= 0.6 is 0 Å². The van der Waals surface area contributed by atoms with Crippen molar-refractivity contribution in [2.45, 2.75) is 13.5 Å². The number of nitrogens with zero attached hydrogens (tertiary/aromatic N) is 3. The normalized spacial score (nSPS) is 10.8. The van der Waals surface area contributed by atoms with Crippen molar-refractivity contribution in [3.63, 3.8) is 0 Å². The van der Waals surface area contributed by atoms with E-state index in [0.29, 0.717) is 12.1 Å². The number of aryl methyl sites for hydroxylation is 1. The minimum absolute atomic E-state index is 0.130. The van der Waals surface area contributed by atoms with Gasteiger partial charge in [-0.2, -0.15) is 0 Å². The van der Waals surface area contributed by atoms with Gasteiger partial charge in [0, 0.05) is 23.6 Å². The van der Waals surface area contributed by atoms with E-state index in [1.807, 2.05) is 67.7 Å². The summed E-state index contributed by atoms with van der Waals surface area (Å²) >= 11 is 0. The summed E-state index contributed by atoms with van der Waals surface area (Å²) in [6.45, 7) is 2.23. The van der Waals surface area contributed by atoms with Crippen molar-refractivity contribution in [1.82, 2.24) is 19.9 Å². The molecule has 0 aliphatic heterocycles.